The van der Waals surface area contributed by atoms with Crippen LogP contribution in [-0.4, -0.2) is 5.78 Å². The van der Waals surface area contributed by atoms with Crippen molar-refractivity contribution >= 4 is 11.9 Å². The summed E-state index contributed by atoms with van der Waals surface area (Å²) in [6.07, 6.45) is 4.63. The molecule has 2 aromatic carbocycles. The highest BCUT2D eigenvalue weighted by molar-refractivity contribution is 5.79. The number of nitriles is 2. The van der Waals surface area contributed by atoms with Crippen molar-refractivity contribution in [3.63, 3.8) is 0 Å². The van der Waals surface area contributed by atoms with E-state index in [1.54, 1.807) is 6.92 Å². The Bertz CT molecular complexity index is 812. The second kappa shape index (κ2) is 9.35. The highest BCUT2D eigenvalue weighted by atomic mass is 16.1. The molecule has 26 heavy (non-hydrogen) atoms. The third kappa shape index (κ3) is 4.68. The van der Waals surface area contributed by atoms with Gasteiger partial charge in [0.25, 0.3) is 0 Å². The van der Waals surface area contributed by atoms with Crippen molar-refractivity contribution in [3.8, 4) is 12.1 Å². The molecule has 1 unspecified atom stereocenters. The van der Waals surface area contributed by atoms with Gasteiger partial charge in [-0.3, -0.25) is 4.79 Å². The Morgan fingerprint density at radius 3 is 2.15 bits per heavy atom. The Labute approximate surface area is 155 Å². The van der Waals surface area contributed by atoms with Crippen LogP contribution in [0.5, 0.6) is 0 Å². The van der Waals surface area contributed by atoms with Crippen LogP contribution in [0.2, 0.25) is 0 Å². The molecule has 0 aliphatic rings. The number of carbonyl (C=O) groups is 1. The maximum absolute atomic E-state index is 12.1. The standard InChI is InChI=1S/C23H22N2O/c1-2-21(26)16-22(20-13-7-4-8-14-20)23(17-24,18-25)15-9-12-19-10-5-3-6-11-19/h3-14,22H,2,15-16H2,1H3/b12-9+. The van der Waals surface area contributed by atoms with Gasteiger partial charge >= 0.3 is 0 Å². The average molecular weight is 342 g/mol. The second-order valence-corrected chi connectivity index (χ2v) is 6.27. The third-order valence-corrected chi connectivity index (χ3v) is 4.57. The van der Waals surface area contributed by atoms with Crippen LogP contribution in [0.1, 0.15) is 43.2 Å². The van der Waals surface area contributed by atoms with Gasteiger partial charge in [0, 0.05) is 18.8 Å². The first-order valence-corrected chi connectivity index (χ1v) is 8.76. The molecule has 2 rings (SSSR count). The minimum atomic E-state index is -1.28. The van der Waals surface area contributed by atoms with E-state index in [-0.39, 0.29) is 18.6 Å². The predicted octanol–water partition coefficient (Wildman–Crippen LogP) is 5.28. The van der Waals surface area contributed by atoms with Crippen LogP contribution in [0.3, 0.4) is 0 Å². The number of hydrogen-bond donors (Lipinski definition) is 0. The predicted molar refractivity (Wildman–Crippen MR) is 103 cm³/mol. The van der Waals surface area contributed by atoms with Crippen molar-refractivity contribution in [1.82, 2.24) is 0 Å². The van der Waals surface area contributed by atoms with Gasteiger partial charge in [-0.15, -0.1) is 0 Å². The van der Waals surface area contributed by atoms with E-state index in [9.17, 15) is 15.3 Å². The zero-order valence-corrected chi connectivity index (χ0v) is 14.9. The molecule has 0 aliphatic heterocycles. The summed E-state index contributed by atoms with van der Waals surface area (Å²) in [7, 11) is 0. The maximum atomic E-state index is 12.1. The van der Waals surface area contributed by atoms with Gasteiger partial charge in [-0.2, -0.15) is 10.5 Å². The van der Waals surface area contributed by atoms with Crippen LogP contribution in [0, 0.1) is 28.1 Å². The van der Waals surface area contributed by atoms with E-state index in [0.29, 0.717) is 6.42 Å². The van der Waals surface area contributed by atoms with E-state index in [0.717, 1.165) is 11.1 Å². The molecule has 0 N–H and O–H groups in total. The summed E-state index contributed by atoms with van der Waals surface area (Å²) in [5.41, 5.74) is 0.584. The Balaban J connectivity index is 2.35. The van der Waals surface area contributed by atoms with Crippen molar-refractivity contribution in [2.75, 3.05) is 0 Å². The number of nitrogens with zero attached hydrogens (tertiary/aromatic N) is 2. The normalized spacial score (nSPS) is 12.3. The quantitative estimate of drug-likeness (QED) is 0.656. The average Bonchev–Trinajstić information content (AvgIpc) is 2.71. The summed E-state index contributed by atoms with van der Waals surface area (Å²) >= 11 is 0. The summed E-state index contributed by atoms with van der Waals surface area (Å²) in [5, 5.41) is 19.7. The van der Waals surface area contributed by atoms with Crippen molar-refractivity contribution in [3.05, 3.63) is 77.9 Å². The van der Waals surface area contributed by atoms with E-state index >= 15 is 0 Å². The highest BCUT2D eigenvalue weighted by Crippen LogP contribution is 2.41. The molecule has 0 radical (unpaired) electrons. The van der Waals surface area contributed by atoms with Gasteiger partial charge in [0.1, 0.15) is 5.78 Å². The summed E-state index contributed by atoms with van der Waals surface area (Å²) in [6.45, 7) is 1.81. The molecule has 0 bridgehead atoms. The third-order valence-electron chi connectivity index (χ3n) is 4.57. The number of Topliss-reactive ketones (excluding diaryl/α,β-unsaturated/α-hetero) is 1. The molecule has 0 spiro atoms. The van der Waals surface area contributed by atoms with Gasteiger partial charge < -0.3 is 0 Å². The van der Waals surface area contributed by atoms with Crippen LogP contribution in [0.4, 0.5) is 0 Å². The number of allylic oxidation sites excluding steroid dienone is 1. The Kier molecular flexibility index (Phi) is 6.89. The van der Waals surface area contributed by atoms with E-state index in [2.05, 4.69) is 12.1 Å². The molecular formula is C23H22N2O. The lowest BCUT2D eigenvalue weighted by Crippen LogP contribution is -2.27. The lowest BCUT2D eigenvalue weighted by Gasteiger charge is -2.28. The molecule has 3 heteroatoms. The summed E-state index contributed by atoms with van der Waals surface area (Å²) in [6, 6.07) is 23.6. The SMILES string of the molecule is CCC(=O)CC(c1ccccc1)C(C#N)(C#N)C/C=C/c1ccccc1. The number of hydrogen-bond acceptors (Lipinski definition) is 3. The zero-order chi connectivity index (χ0) is 18.8. The fourth-order valence-electron chi connectivity index (χ4n) is 2.99. The molecule has 1 atom stereocenters. The molecule has 0 heterocycles. The van der Waals surface area contributed by atoms with E-state index < -0.39 is 11.3 Å². The van der Waals surface area contributed by atoms with Gasteiger partial charge in [0.2, 0.25) is 0 Å². The lowest BCUT2D eigenvalue weighted by molar-refractivity contribution is -0.119. The van der Waals surface area contributed by atoms with Gasteiger partial charge in [-0.1, -0.05) is 79.7 Å². The summed E-state index contributed by atoms with van der Waals surface area (Å²) in [5.74, 6) is -0.396. The summed E-state index contributed by atoms with van der Waals surface area (Å²) in [4.78, 5) is 12.1. The van der Waals surface area contributed by atoms with Crippen molar-refractivity contribution in [2.45, 2.75) is 32.1 Å². The largest absolute Gasteiger partial charge is 0.300 e. The number of rotatable bonds is 8. The summed E-state index contributed by atoms with van der Waals surface area (Å²) < 4.78 is 0. The first-order valence-electron chi connectivity index (χ1n) is 8.76. The molecule has 0 fully saturated rings. The fraction of sp³-hybridized carbons (Fsp3) is 0.261. The molecular weight excluding hydrogens is 320 g/mol. The van der Waals surface area contributed by atoms with Crippen molar-refractivity contribution < 1.29 is 4.79 Å². The Morgan fingerprint density at radius 1 is 1.04 bits per heavy atom. The van der Waals surface area contributed by atoms with E-state index in [1.165, 1.54) is 0 Å². The highest BCUT2D eigenvalue weighted by Gasteiger charge is 2.40. The second-order valence-electron chi connectivity index (χ2n) is 6.27. The molecule has 0 saturated heterocycles. The first-order chi connectivity index (χ1) is 12.6. The smallest absolute Gasteiger partial charge is 0.154 e. The molecule has 0 aromatic heterocycles. The topological polar surface area (TPSA) is 64.7 Å². The number of ketones is 1. The number of carbonyl (C=O) groups excluding carboxylic acids is 1. The van der Waals surface area contributed by atoms with Gasteiger partial charge in [0.15, 0.2) is 5.41 Å². The van der Waals surface area contributed by atoms with Crippen LogP contribution >= 0.6 is 0 Å². The molecule has 0 aliphatic carbocycles. The van der Waals surface area contributed by atoms with Crippen LogP contribution in [0.15, 0.2) is 66.7 Å². The molecule has 130 valence electrons. The lowest BCUT2D eigenvalue weighted by atomic mass is 9.69. The maximum Gasteiger partial charge on any atom is 0.154 e. The first kappa shape index (κ1) is 19.2. The number of benzene rings is 2. The van der Waals surface area contributed by atoms with Gasteiger partial charge in [0.05, 0.1) is 12.1 Å². The van der Waals surface area contributed by atoms with Crippen LogP contribution in [-0.2, 0) is 4.79 Å². The fourth-order valence-corrected chi connectivity index (χ4v) is 2.99. The van der Waals surface area contributed by atoms with Crippen molar-refractivity contribution in [1.29, 1.82) is 10.5 Å². The Morgan fingerprint density at radius 2 is 1.62 bits per heavy atom. The van der Waals surface area contributed by atoms with E-state index in [1.807, 2.05) is 72.8 Å². The monoisotopic (exact) mass is 342 g/mol. The molecule has 3 nitrogen and oxygen atoms in total. The van der Waals surface area contributed by atoms with Crippen molar-refractivity contribution in [2.24, 2.45) is 5.41 Å². The van der Waals surface area contributed by atoms with E-state index in [4.69, 9.17) is 0 Å². The minimum Gasteiger partial charge on any atom is -0.300 e. The Hall–Kier alpha value is -3.17. The minimum absolute atomic E-state index is 0.0563. The zero-order valence-electron chi connectivity index (χ0n) is 14.9. The van der Waals surface area contributed by atoms with Gasteiger partial charge in [-0.05, 0) is 17.5 Å². The molecule has 2 aromatic rings. The molecule has 0 amide bonds. The molecule has 0 saturated carbocycles. The van der Waals surface area contributed by atoms with Crippen LogP contribution < -0.4 is 0 Å². The van der Waals surface area contributed by atoms with Gasteiger partial charge in [-0.25, -0.2) is 0 Å². The van der Waals surface area contributed by atoms with Crippen LogP contribution in [0.25, 0.3) is 6.08 Å².